The number of ketones is 1. The lowest BCUT2D eigenvalue weighted by molar-refractivity contribution is -0.132. The molecule has 5 rings (SSSR count). The van der Waals surface area contributed by atoms with Gasteiger partial charge in [-0.2, -0.15) is 0 Å². The molecule has 1 unspecified atom stereocenters. The summed E-state index contributed by atoms with van der Waals surface area (Å²) in [6, 6.07) is 16.4. The van der Waals surface area contributed by atoms with Gasteiger partial charge in [0.05, 0.1) is 41.7 Å². The van der Waals surface area contributed by atoms with Crippen molar-refractivity contribution in [2.24, 2.45) is 0 Å². The van der Waals surface area contributed by atoms with Gasteiger partial charge in [-0.15, -0.1) is 0 Å². The van der Waals surface area contributed by atoms with Crippen LogP contribution < -0.4 is 23.8 Å². The van der Waals surface area contributed by atoms with Crippen LogP contribution in [0.4, 0.5) is 5.13 Å². The maximum Gasteiger partial charge on any atom is 0.301 e. The third-order valence-corrected chi connectivity index (χ3v) is 7.71. The number of rotatable bonds is 12. The number of ether oxygens (including phenoxy) is 4. The summed E-state index contributed by atoms with van der Waals surface area (Å²) in [5.41, 5.74) is 1.49. The van der Waals surface area contributed by atoms with Crippen molar-refractivity contribution >= 4 is 44.1 Å². The Morgan fingerprint density at radius 1 is 0.907 bits per heavy atom. The fraction of sp³-hybridized carbons (Fsp3) is 0.242. The molecule has 1 aromatic heterocycles. The number of hydrogen-bond donors (Lipinski definition) is 1. The second-order valence-electron chi connectivity index (χ2n) is 9.42. The molecule has 10 heteroatoms. The predicted molar refractivity (Wildman–Crippen MR) is 166 cm³/mol. The van der Waals surface area contributed by atoms with Crippen molar-refractivity contribution in [1.29, 1.82) is 0 Å². The first-order chi connectivity index (χ1) is 20.9. The zero-order valence-corrected chi connectivity index (χ0v) is 25.0. The number of carbonyl (C=O) groups is 2. The first-order valence-electron chi connectivity index (χ1n) is 14.0. The molecule has 3 aromatic carbocycles. The number of benzene rings is 3. The lowest BCUT2D eigenvalue weighted by Crippen LogP contribution is -2.29. The van der Waals surface area contributed by atoms with E-state index in [4.69, 9.17) is 23.9 Å². The fourth-order valence-corrected chi connectivity index (χ4v) is 5.88. The minimum absolute atomic E-state index is 0.0642. The Kier molecular flexibility index (Phi) is 8.96. The van der Waals surface area contributed by atoms with Gasteiger partial charge in [-0.3, -0.25) is 14.5 Å². The number of aliphatic hydroxyl groups excluding tert-OH is 1. The Morgan fingerprint density at radius 3 is 2.30 bits per heavy atom. The number of fused-ring (bicyclic) bond motifs is 1. The Hall–Kier alpha value is -4.83. The van der Waals surface area contributed by atoms with E-state index in [1.165, 1.54) is 16.2 Å². The van der Waals surface area contributed by atoms with Crippen LogP contribution in [-0.4, -0.2) is 48.2 Å². The van der Waals surface area contributed by atoms with E-state index in [0.29, 0.717) is 64.6 Å². The first kappa shape index (κ1) is 29.7. The highest BCUT2D eigenvalue weighted by Crippen LogP contribution is 2.46. The summed E-state index contributed by atoms with van der Waals surface area (Å²) in [6.07, 6.45) is 1.62. The number of thiazole rings is 1. The highest BCUT2D eigenvalue weighted by atomic mass is 32.1. The maximum atomic E-state index is 13.7. The molecule has 222 valence electrons. The molecule has 1 amide bonds. The van der Waals surface area contributed by atoms with Crippen LogP contribution in [0, 0.1) is 0 Å². The van der Waals surface area contributed by atoms with Crippen molar-refractivity contribution < 1.29 is 33.6 Å². The van der Waals surface area contributed by atoms with E-state index in [0.717, 1.165) is 4.70 Å². The smallest absolute Gasteiger partial charge is 0.301 e. The van der Waals surface area contributed by atoms with E-state index in [1.807, 2.05) is 39.0 Å². The van der Waals surface area contributed by atoms with Gasteiger partial charge in [0.15, 0.2) is 16.6 Å². The molecule has 1 aliphatic heterocycles. The van der Waals surface area contributed by atoms with Crippen molar-refractivity contribution in [2.75, 3.05) is 31.3 Å². The van der Waals surface area contributed by atoms with E-state index in [-0.39, 0.29) is 17.9 Å². The third kappa shape index (κ3) is 5.91. The van der Waals surface area contributed by atoms with Gasteiger partial charge in [-0.25, -0.2) is 4.98 Å². The van der Waals surface area contributed by atoms with Crippen LogP contribution in [0.25, 0.3) is 16.0 Å². The number of anilines is 1. The highest BCUT2D eigenvalue weighted by Gasteiger charge is 2.48. The summed E-state index contributed by atoms with van der Waals surface area (Å²) < 4.78 is 23.6. The molecular weight excluding hydrogens is 568 g/mol. The monoisotopic (exact) mass is 600 g/mol. The van der Waals surface area contributed by atoms with E-state index in [1.54, 1.807) is 48.5 Å². The lowest BCUT2D eigenvalue weighted by atomic mass is 9.95. The van der Waals surface area contributed by atoms with Gasteiger partial charge < -0.3 is 24.1 Å². The number of aliphatic hydroxyl groups is 1. The van der Waals surface area contributed by atoms with Crippen molar-refractivity contribution in [3.8, 4) is 23.0 Å². The van der Waals surface area contributed by atoms with Gasteiger partial charge >= 0.3 is 5.91 Å². The van der Waals surface area contributed by atoms with Crippen LogP contribution in [0.3, 0.4) is 0 Å². The number of hydrogen-bond acceptors (Lipinski definition) is 9. The van der Waals surface area contributed by atoms with Crippen molar-refractivity contribution in [3.63, 3.8) is 0 Å². The van der Waals surface area contributed by atoms with Gasteiger partial charge in [-0.1, -0.05) is 30.1 Å². The zero-order valence-electron chi connectivity index (χ0n) is 24.2. The molecule has 0 spiro atoms. The molecule has 1 saturated heterocycles. The highest BCUT2D eigenvalue weighted by molar-refractivity contribution is 7.22. The summed E-state index contributed by atoms with van der Waals surface area (Å²) in [4.78, 5) is 33.4. The van der Waals surface area contributed by atoms with Crippen LogP contribution in [0.2, 0.25) is 0 Å². The summed E-state index contributed by atoms with van der Waals surface area (Å²) in [5.74, 6) is 0.279. The van der Waals surface area contributed by atoms with Crippen LogP contribution in [0.15, 0.2) is 78.9 Å². The number of carbonyl (C=O) groups excluding carboxylic acids is 2. The Labute approximate surface area is 253 Å². The maximum absolute atomic E-state index is 13.7. The second-order valence-corrected chi connectivity index (χ2v) is 10.4. The van der Waals surface area contributed by atoms with Crippen LogP contribution in [-0.2, 0) is 9.59 Å². The molecule has 0 aliphatic carbocycles. The molecule has 0 saturated carbocycles. The van der Waals surface area contributed by atoms with Gasteiger partial charge in [0, 0.05) is 5.56 Å². The molecule has 43 heavy (non-hydrogen) atoms. The zero-order chi connectivity index (χ0) is 30.5. The lowest BCUT2D eigenvalue weighted by Gasteiger charge is -2.24. The van der Waals surface area contributed by atoms with Gasteiger partial charge in [0.1, 0.15) is 23.9 Å². The Bertz CT molecular complexity index is 1690. The molecule has 9 nitrogen and oxygen atoms in total. The average Bonchev–Trinajstić information content (AvgIpc) is 3.54. The number of aromatic nitrogens is 1. The van der Waals surface area contributed by atoms with E-state index >= 15 is 0 Å². The topological polar surface area (TPSA) is 107 Å². The quantitative estimate of drug-likeness (QED) is 0.0830. The van der Waals surface area contributed by atoms with Gasteiger partial charge in [-0.05, 0) is 80.9 Å². The van der Waals surface area contributed by atoms with Crippen molar-refractivity contribution in [1.82, 2.24) is 4.98 Å². The molecule has 1 fully saturated rings. The normalized spacial score (nSPS) is 16.0. The molecule has 4 aromatic rings. The van der Waals surface area contributed by atoms with E-state index in [2.05, 4.69) is 6.58 Å². The van der Waals surface area contributed by atoms with Crippen LogP contribution >= 0.6 is 11.3 Å². The molecule has 1 aliphatic rings. The Balaban J connectivity index is 1.68. The molecular formula is C33H32N2O7S. The Morgan fingerprint density at radius 2 is 1.60 bits per heavy atom. The fourth-order valence-electron chi connectivity index (χ4n) is 4.86. The molecule has 1 N–H and O–H groups in total. The molecule has 1 atom stereocenters. The van der Waals surface area contributed by atoms with Crippen LogP contribution in [0.1, 0.15) is 37.9 Å². The van der Waals surface area contributed by atoms with Crippen molar-refractivity contribution in [2.45, 2.75) is 26.8 Å². The molecule has 0 radical (unpaired) electrons. The summed E-state index contributed by atoms with van der Waals surface area (Å²) in [5, 5.41) is 11.9. The molecule has 2 heterocycles. The second kappa shape index (κ2) is 13.0. The summed E-state index contributed by atoms with van der Waals surface area (Å²) >= 11 is 1.26. The minimum Gasteiger partial charge on any atom is -0.507 e. The van der Waals surface area contributed by atoms with Crippen LogP contribution in [0.5, 0.6) is 23.0 Å². The number of Topliss-reactive ketones (excluding diaryl/α,β-unsaturated/α-hetero) is 1. The average molecular weight is 601 g/mol. The van der Waals surface area contributed by atoms with E-state index in [9.17, 15) is 14.7 Å². The largest absolute Gasteiger partial charge is 0.507 e. The van der Waals surface area contributed by atoms with Crippen molar-refractivity contribution in [3.05, 3.63) is 90.0 Å². The predicted octanol–water partition coefficient (Wildman–Crippen LogP) is 6.68. The van der Waals surface area contributed by atoms with E-state index < -0.39 is 17.7 Å². The van der Waals surface area contributed by atoms with Gasteiger partial charge in [0.25, 0.3) is 5.78 Å². The third-order valence-electron chi connectivity index (χ3n) is 6.69. The minimum atomic E-state index is -0.994. The van der Waals surface area contributed by atoms with Gasteiger partial charge in [0.2, 0.25) is 0 Å². The number of amides is 1. The standard InChI is InChI=1S/C33H32N2O7S/c1-5-17-42-25-16-11-21(18-26(25)41-8-4)29-28(30(36)20-9-12-22(13-10-20)39-6-2)31(37)32(38)35(29)33-34-24-15-14-23(40-7-3)19-27(24)43-33/h5,9-16,18-19,29,36H,1,6-8,17H2,2-4H3/b30-28+. The first-order valence-corrected chi connectivity index (χ1v) is 14.8. The summed E-state index contributed by atoms with van der Waals surface area (Å²) in [6.45, 7) is 10.9. The summed E-state index contributed by atoms with van der Waals surface area (Å²) in [7, 11) is 0. The molecule has 0 bridgehead atoms. The SMILES string of the molecule is C=CCOc1ccc(C2/C(=C(\O)c3ccc(OCC)cc3)C(=O)C(=O)N2c2nc3ccc(OCC)cc3s2)cc1OCC. The number of nitrogens with zero attached hydrogens (tertiary/aromatic N) is 2.